The molecule has 0 spiro atoms. The first kappa shape index (κ1) is 17.8. The first-order valence-electron chi connectivity index (χ1n) is 8.76. The van der Waals surface area contributed by atoms with Crippen LogP contribution in [0.4, 0.5) is 5.95 Å². The first-order chi connectivity index (χ1) is 13.0. The maximum Gasteiger partial charge on any atom is 0.252 e. The standard InChI is InChI=1S/C17H20N4O5S/c22-16-9-12(19-17(20-16)21-5-1-2-6-21)11-18-27(23,24)13-3-4-14-15(10-13)26-8-7-25-14/h3-4,9-10,18H,1-2,5-8,11H2,(H,19,20,22). The van der Waals surface area contributed by atoms with Crippen LogP contribution in [-0.2, 0) is 16.6 Å². The van der Waals surface area contributed by atoms with Gasteiger partial charge in [0, 0.05) is 25.2 Å². The van der Waals surface area contributed by atoms with Gasteiger partial charge in [-0.3, -0.25) is 9.78 Å². The van der Waals surface area contributed by atoms with E-state index in [4.69, 9.17) is 9.47 Å². The van der Waals surface area contributed by atoms with Gasteiger partial charge in [-0.15, -0.1) is 0 Å². The molecule has 1 aromatic heterocycles. The fourth-order valence-electron chi connectivity index (χ4n) is 3.11. The molecule has 1 fully saturated rings. The molecule has 0 bridgehead atoms. The van der Waals surface area contributed by atoms with Crippen LogP contribution in [0.3, 0.4) is 0 Å². The van der Waals surface area contributed by atoms with Gasteiger partial charge in [-0.25, -0.2) is 18.1 Å². The smallest absolute Gasteiger partial charge is 0.252 e. The molecule has 10 heteroatoms. The lowest BCUT2D eigenvalue weighted by molar-refractivity contribution is 0.171. The highest BCUT2D eigenvalue weighted by Gasteiger charge is 2.20. The number of hydrogen-bond donors (Lipinski definition) is 2. The Morgan fingerprint density at radius 1 is 1.11 bits per heavy atom. The van der Waals surface area contributed by atoms with Crippen LogP contribution >= 0.6 is 0 Å². The Balaban J connectivity index is 1.51. The molecule has 0 aliphatic carbocycles. The third kappa shape index (κ3) is 3.91. The van der Waals surface area contributed by atoms with Crippen molar-refractivity contribution in [3.8, 4) is 11.5 Å². The highest BCUT2D eigenvalue weighted by Crippen LogP contribution is 2.32. The number of fused-ring (bicyclic) bond motifs is 1. The number of ether oxygens (including phenoxy) is 2. The van der Waals surface area contributed by atoms with E-state index < -0.39 is 10.0 Å². The lowest BCUT2D eigenvalue weighted by Gasteiger charge is -2.19. The topological polar surface area (TPSA) is 114 Å². The Hall–Kier alpha value is -2.59. The van der Waals surface area contributed by atoms with Crippen LogP contribution in [0.5, 0.6) is 11.5 Å². The van der Waals surface area contributed by atoms with Gasteiger partial charge >= 0.3 is 0 Å². The molecule has 2 aliphatic heterocycles. The summed E-state index contributed by atoms with van der Waals surface area (Å²) in [6.07, 6.45) is 2.09. The van der Waals surface area contributed by atoms with Crippen LogP contribution in [-0.4, -0.2) is 44.7 Å². The Morgan fingerprint density at radius 3 is 2.63 bits per heavy atom. The molecule has 2 aliphatic rings. The van der Waals surface area contributed by atoms with Crippen molar-refractivity contribution >= 4 is 16.0 Å². The normalized spacial score (nSPS) is 16.5. The second kappa shape index (κ2) is 7.20. The maximum atomic E-state index is 12.6. The molecule has 3 heterocycles. The van der Waals surface area contributed by atoms with Gasteiger partial charge in [-0.05, 0) is 25.0 Å². The molecule has 1 aromatic carbocycles. The van der Waals surface area contributed by atoms with E-state index in [1.807, 2.05) is 4.90 Å². The second-order valence-corrected chi connectivity index (χ2v) is 8.15. The number of nitrogens with one attached hydrogen (secondary N) is 2. The summed E-state index contributed by atoms with van der Waals surface area (Å²) in [5.74, 6) is 1.40. The van der Waals surface area contributed by atoms with Gasteiger partial charge < -0.3 is 14.4 Å². The third-order valence-electron chi connectivity index (χ3n) is 4.46. The molecule has 2 N–H and O–H groups in total. The monoisotopic (exact) mass is 392 g/mol. The number of aromatic amines is 1. The van der Waals surface area contributed by atoms with Gasteiger partial charge in [0.1, 0.15) is 13.2 Å². The molecular weight excluding hydrogens is 372 g/mol. The number of hydrogen-bond acceptors (Lipinski definition) is 7. The van der Waals surface area contributed by atoms with E-state index in [1.165, 1.54) is 18.2 Å². The zero-order chi connectivity index (χ0) is 18.9. The van der Waals surface area contributed by atoms with Crippen molar-refractivity contribution in [2.45, 2.75) is 24.3 Å². The Bertz CT molecular complexity index is 999. The number of anilines is 1. The van der Waals surface area contributed by atoms with E-state index in [1.54, 1.807) is 6.07 Å². The summed E-state index contributed by atoms with van der Waals surface area (Å²) in [5.41, 5.74) is 0.0576. The molecule has 0 amide bonds. The zero-order valence-electron chi connectivity index (χ0n) is 14.6. The summed E-state index contributed by atoms with van der Waals surface area (Å²) >= 11 is 0. The van der Waals surface area contributed by atoms with E-state index in [9.17, 15) is 13.2 Å². The predicted octanol–water partition coefficient (Wildman–Crippen LogP) is 0.620. The summed E-state index contributed by atoms with van der Waals surface area (Å²) in [6, 6.07) is 5.75. The van der Waals surface area contributed by atoms with E-state index in [0.29, 0.717) is 36.4 Å². The molecular formula is C17H20N4O5S. The van der Waals surface area contributed by atoms with Crippen molar-refractivity contribution in [3.63, 3.8) is 0 Å². The molecule has 2 aromatic rings. The summed E-state index contributed by atoms with van der Waals surface area (Å²) < 4.78 is 38.5. The van der Waals surface area contributed by atoms with Crippen LogP contribution in [0, 0.1) is 0 Å². The maximum absolute atomic E-state index is 12.6. The average Bonchev–Trinajstić information content (AvgIpc) is 3.20. The largest absolute Gasteiger partial charge is 0.486 e. The van der Waals surface area contributed by atoms with Crippen LogP contribution < -0.4 is 24.7 Å². The van der Waals surface area contributed by atoms with Crippen LogP contribution in [0.1, 0.15) is 18.5 Å². The van der Waals surface area contributed by atoms with E-state index >= 15 is 0 Å². The molecule has 27 heavy (non-hydrogen) atoms. The molecule has 0 radical (unpaired) electrons. The number of aromatic nitrogens is 2. The Labute approximate surface area is 156 Å². The quantitative estimate of drug-likeness (QED) is 0.767. The van der Waals surface area contributed by atoms with Crippen molar-refractivity contribution in [2.75, 3.05) is 31.2 Å². The molecule has 1 saturated heterocycles. The minimum atomic E-state index is -3.79. The van der Waals surface area contributed by atoms with Crippen LogP contribution in [0.25, 0.3) is 0 Å². The summed E-state index contributed by atoms with van der Waals surface area (Å²) in [6.45, 7) is 2.39. The van der Waals surface area contributed by atoms with Crippen LogP contribution in [0.15, 0.2) is 34.0 Å². The van der Waals surface area contributed by atoms with Gasteiger partial charge in [0.2, 0.25) is 16.0 Å². The number of sulfonamides is 1. The highest BCUT2D eigenvalue weighted by atomic mass is 32.2. The SMILES string of the molecule is O=c1cc(CNS(=O)(=O)c2ccc3c(c2)OCCO3)nc(N2CCCC2)[nH]1. The second-order valence-electron chi connectivity index (χ2n) is 6.38. The van der Waals surface area contributed by atoms with Crippen molar-refractivity contribution in [2.24, 2.45) is 0 Å². The molecule has 4 rings (SSSR count). The first-order valence-corrected chi connectivity index (χ1v) is 10.2. The van der Waals surface area contributed by atoms with Gasteiger partial charge in [-0.2, -0.15) is 0 Å². The fourth-order valence-corrected chi connectivity index (χ4v) is 4.12. The van der Waals surface area contributed by atoms with Gasteiger partial charge in [-0.1, -0.05) is 0 Å². The summed E-state index contributed by atoms with van der Waals surface area (Å²) in [7, 11) is -3.79. The number of nitrogens with zero attached hydrogens (tertiary/aromatic N) is 2. The molecule has 0 saturated carbocycles. The third-order valence-corrected chi connectivity index (χ3v) is 5.85. The van der Waals surface area contributed by atoms with E-state index in [-0.39, 0.29) is 17.0 Å². The predicted molar refractivity (Wildman–Crippen MR) is 97.8 cm³/mol. The Morgan fingerprint density at radius 2 is 1.85 bits per heavy atom. The lowest BCUT2D eigenvalue weighted by atomic mass is 10.3. The molecule has 144 valence electrons. The molecule has 9 nitrogen and oxygen atoms in total. The van der Waals surface area contributed by atoms with Crippen LogP contribution in [0.2, 0.25) is 0 Å². The zero-order valence-corrected chi connectivity index (χ0v) is 15.4. The summed E-state index contributed by atoms with van der Waals surface area (Å²) in [4.78, 5) is 21.0. The molecule has 0 atom stereocenters. The highest BCUT2D eigenvalue weighted by molar-refractivity contribution is 7.89. The van der Waals surface area contributed by atoms with Crippen molar-refractivity contribution in [1.29, 1.82) is 0 Å². The number of rotatable bonds is 5. The van der Waals surface area contributed by atoms with Gasteiger partial charge in [0.25, 0.3) is 5.56 Å². The molecule has 0 unspecified atom stereocenters. The average molecular weight is 392 g/mol. The fraction of sp³-hybridized carbons (Fsp3) is 0.412. The van der Waals surface area contributed by atoms with Gasteiger partial charge in [0.15, 0.2) is 11.5 Å². The number of benzene rings is 1. The Kier molecular flexibility index (Phi) is 4.75. The summed E-state index contributed by atoms with van der Waals surface area (Å²) in [5, 5.41) is 0. The van der Waals surface area contributed by atoms with Crippen molar-refractivity contribution < 1.29 is 17.9 Å². The van der Waals surface area contributed by atoms with Crippen molar-refractivity contribution in [1.82, 2.24) is 14.7 Å². The number of H-pyrrole nitrogens is 1. The minimum Gasteiger partial charge on any atom is -0.486 e. The van der Waals surface area contributed by atoms with E-state index in [0.717, 1.165) is 25.9 Å². The van der Waals surface area contributed by atoms with E-state index in [2.05, 4.69) is 14.7 Å². The van der Waals surface area contributed by atoms with Crippen molar-refractivity contribution in [3.05, 3.63) is 40.3 Å². The minimum absolute atomic E-state index is 0.0661. The lowest BCUT2D eigenvalue weighted by Crippen LogP contribution is -2.28. The van der Waals surface area contributed by atoms with Gasteiger partial charge in [0.05, 0.1) is 17.1 Å².